The van der Waals surface area contributed by atoms with Crippen molar-refractivity contribution in [2.45, 2.75) is 27.3 Å². The van der Waals surface area contributed by atoms with Crippen LogP contribution in [0.5, 0.6) is 11.5 Å². The minimum Gasteiger partial charge on any atom is -0.494 e. The van der Waals surface area contributed by atoms with Crippen LogP contribution in [0.15, 0.2) is 24.3 Å². The summed E-state index contributed by atoms with van der Waals surface area (Å²) in [4.78, 5) is 22.3. The Kier molecular flexibility index (Phi) is 6.54. The lowest BCUT2D eigenvalue weighted by Crippen LogP contribution is -2.18. The Hall–Kier alpha value is -3.10. The largest absolute Gasteiger partial charge is 0.494 e. The Morgan fingerprint density at radius 2 is 1.77 bits per heavy atom. The molecule has 0 atom stereocenters. The number of ether oxygens (including phenoxy) is 3. The number of nitro groups is 1. The van der Waals surface area contributed by atoms with Gasteiger partial charge in [0.05, 0.1) is 11.5 Å². The highest BCUT2D eigenvalue weighted by molar-refractivity contribution is 5.69. The topological polar surface area (TPSA) is 106 Å². The Morgan fingerprint density at radius 1 is 1.15 bits per heavy atom. The van der Waals surface area contributed by atoms with Crippen molar-refractivity contribution in [3.8, 4) is 11.5 Å². The molecule has 0 aliphatic rings. The lowest BCUT2D eigenvalue weighted by molar-refractivity contribution is -0.386. The van der Waals surface area contributed by atoms with Crippen LogP contribution in [0.4, 0.5) is 5.69 Å². The summed E-state index contributed by atoms with van der Waals surface area (Å²) in [6, 6.07) is 7.12. The van der Waals surface area contributed by atoms with Gasteiger partial charge in [-0.3, -0.25) is 19.6 Å². The van der Waals surface area contributed by atoms with Crippen LogP contribution in [-0.4, -0.2) is 40.5 Å². The normalized spacial score (nSPS) is 10.4. The molecule has 26 heavy (non-hydrogen) atoms. The third kappa shape index (κ3) is 4.95. The lowest BCUT2D eigenvalue weighted by atomic mass is 10.3. The molecule has 1 aromatic heterocycles. The van der Waals surface area contributed by atoms with Crippen LogP contribution in [0.2, 0.25) is 0 Å². The molecule has 0 radical (unpaired) electrons. The maximum Gasteiger partial charge on any atom is 0.327 e. The Balaban J connectivity index is 1.77. The molecule has 0 N–H and O–H groups in total. The maximum atomic E-state index is 11.9. The number of hydrogen-bond donors (Lipinski definition) is 0. The lowest BCUT2D eigenvalue weighted by Gasteiger charge is -2.09. The van der Waals surface area contributed by atoms with Gasteiger partial charge in [0.1, 0.15) is 42.6 Å². The molecule has 0 aliphatic carbocycles. The zero-order valence-corrected chi connectivity index (χ0v) is 14.9. The van der Waals surface area contributed by atoms with Crippen LogP contribution in [0.1, 0.15) is 18.3 Å². The molecule has 2 aromatic rings. The SMILES string of the molecule is CCOc1ccc(OCCOC(=O)Cn2nc(C)c([N+](=O)[O-])c2C)cc1. The summed E-state index contributed by atoms with van der Waals surface area (Å²) in [6.45, 7) is 5.63. The van der Waals surface area contributed by atoms with Gasteiger partial charge >= 0.3 is 11.7 Å². The van der Waals surface area contributed by atoms with E-state index in [9.17, 15) is 14.9 Å². The minimum atomic E-state index is -0.541. The Morgan fingerprint density at radius 3 is 2.31 bits per heavy atom. The van der Waals surface area contributed by atoms with Gasteiger partial charge in [-0.2, -0.15) is 5.10 Å². The summed E-state index contributed by atoms with van der Waals surface area (Å²) in [5, 5.41) is 15.0. The van der Waals surface area contributed by atoms with E-state index >= 15 is 0 Å². The van der Waals surface area contributed by atoms with E-state index in [1.165, 1.54) is 11.6 Å². The van der Waals surface area contributed by atoms with Gasteiger partial charge in [0.15, 0.2) is 0 Å². The number of rotatable bonds is 9. The molecule has 0 bridgehead atoms. The number of aromatic nitrogens is 2. The standard InChI is InChI=1S/C17H21N3O6/c1-4-24-14-5-7-15(8-6-14)25-9-10-26-16(21)11-19-13(3)17(20(22)23)12(2)18-19/h5-8H,4,9-11H2,1-3H3. The molecule has 0 aliphatic heterocycles. The van der Waals surface area contributed by atoms with Crippen molar-refractivity contribution in [1.29, 1.82) is 0 Å². The number of esters is 1. The zero-order chi connectivity index (χ0) is 19.1. The van der Waals surface area contributed by atoms with Crippen molar-refractivity contribution in [1.82, 2.24) is 9.78 Å². The first kappa shape index (κ1) is 19.2. The van der Waals surface area contributed by atoms with E-state index < -0.39 is 10.9 Å². The number of carbonyl (C=O) groups is 1. The number of hydrogen-bond acceptors (Lipinski definition) is 7. The van der Waals surface area contributed by atoms with Gasteiger partial charge in [0, 0.05) is 0 Å². The van der Waals surface area contributed by atoms with Crippen molar-refractivity contribution in [3.63, 3.8) is 0 Å². The van der Waals surface area contributed by atoms with E-state index in [4.69, 9.17) is 14.2 Å². The highest BCUT2D eigenvalue weighted by atomic mass is 16.6. The van der Waals surface area contributed by atoms with Crippen LogP contribution >= 0.6 is 0 Å². The summed E-state index contributed by atoms with van der Waals surface area (Å²) < 4.78 is 17.1. The maximum absolute atomic E-state index is 11.9. The fourth-order valence-corrected chi connectivity index (χ4v) is 2.39. The van der Waals surface area contributed by atoms with E-state index in [1.807, 2.05) is 6.92 Å². The van der Waals surface area contributed by atoms with Crippen molar-refractivity contribution in [2.75, 3.05) is 19.8 Å². The number of carbonyl (C=O) groups excluding carboxylic acids is 1. The minimum absolute atomic E-state index is 0.0629. The van der Waals surface area contributed by atoms with Gasteiger partial charge in [-0.05, 0) is 45.0 Å². The zero-order valence-electron chi connectivity index (χ0n) is 14.9. The Bertz CT molecular complexity index is 770. The van der Waals surface area contributed by atoms with Gasteiger partial charge in [-0.1, -0.05) is 0 Å². The molecule has 9 heteroatoms. The van der Waals surface area contributed by atoms with Crippen LogP contribution in [0.3, 0.4) is 0 Å². The monoisotopic (exact) mass is 363 g/mol. The second-order valence-corrected chi connectivity index (χ2v) is 5.41. The molecule has 1 heterocycles. The first-order chi connectivity index (χ1) is 12.4. The predicted molar refractivity (Wildman–Crippen MR) is 92.4 cm³/mol. The molecule has 0 unspecified atom stereocenters. The molecule has 0 amide bonds. The van der Waals surface area contributed by atoms with Gasteiger partial charge in [-0.25, -0.2) is 0 Å². The average Bonchev–Trinajstić information content (AvgIpc) is 2.87. The van der Waals surface area contributed by atoms with Crippen molar-refractivity contribution in [2.24, 2.45) is 0 Å². The highest BCUT2D eigenvalue weighted by Gasteiger charge is 2.22. The molecule has 0 saturated carbocycles. The molecule has 9 nitrogen and oxygen atoms in total. The third-order valence-corrected chi connectivity index (χ3v) is 3.55. The predicted octanol–water partition coefficient (Wildman–Crippen LogP) is 2.43. The summed E-state index contributed by atoms with van der Waals surface area (Å²) in [5.74, 6) is 0.852. The number of aryl methyl sites for hydroxylation is 1. The summed E-state index contributed by atoms with van der Waals surface area (Å²) in [5.41, 5.74) is 0.492. The van der Waals surface area contributed by atoms with E-state index in [-0.39, 0.29) is 31.1 Å². The quantitative estimate of drug-likeness (QED) is 0.291. The van der Waals surface area contributed by atoms with Gasteiger partial charge in [0.25, 0.3) is 0 Å². The van der Waals surface area contributed by atoms with Gasteiger partial charge < -0.3 is 14.2 Å². The Labute approximate surface area is 150 Å². The summed E-state index contributed by atoms with van der Waals surface area (Å²) in [7, 11) is 0. The molecule has 2 rings (SSSR count). The van der Waals surface area contributed by atoms with Crippen molar-refractivity contribution < 1.29 is 23.9 Å². The number of nitrogens with zero attached hydrogens (tertiary/aromatic N) is 3. The van der Waals surface area contributed by atoms with Crippen molar-refractivity contribution >= 4 is 11.7 Å². The fraction of sp³-hybridized carbons (Fsp3) is 0.412. The number of benzene rings is 1. The van der Waals surface area contributed by atoms with Crippen LogP contribution in [-0.2, 0) is 16.1 Å². The van der Waals surface area contributed by atoms with Crippen LogP contribution in [0, 0.1) is 24.0 Å². The first-order valence-corrected chi connectivity index (χ1v) is 8.12. The second-order valence-electron chi connectivity index (χ2n) is 5.41. The molecule has 0 saturated heterocycles. The summed E-state index contributed by atoms with van der Waals surface area (Å²) >= 11 is 0. The van der Waals surface area contributed by atoms with E-state index in [1.54, 1.807) is 31.2 Å². The molecular formula is C17H21N3O6. The first-order valence-electron chi connectivity index (χ1n) is 8.12. The van der Waals surface area contributed by atoms with Crippen LogP contribution < -0.4 is 9.47 Å². The average molecular weight is 363 g/mol. The molecular weight excluding hydrogens is 342 g/mol. The third-order valence-electron chi connectivity index (χ3n) is 3.55. The smallest absolute Gasteiger partial charge is 0.327 e. The van der Waals surface area contributed by atoms with Gasteiger partial charge in [0.2, 0.25) is 0 Å². The molecule has 0 fully saturated rings. The van der Waals surface area contributed by atoms with E-state index in [0.717, 1.165) is 5.75 Å². The van der Waals surface area contributed by atoms with E-state index in [2.05, 4.69) is 5.10 Å². The molecule has 1 aromatic carbocycles. The van der Waals surface area contributed by atoms with Crippen molar-refractivity contribution in [3.05, 3.63) is 45.8 Å². The fourth-order valence-electron chi connectivity index (χ4n) is 2.39. The molecule has 140 valence electrons. The molecule has 0 spiro atoms. The highest BCUT2D eigenvalue weighted by Crippen LogP contribution is 2.21. The van der Waals surface area contributed by atoms with Crippen LogP contribution in [0.25, 0.3) is 0 Å². The van der Waals surface area contributed by atoms with Gasteiger partial charge in [-0.15, -0.1) is 0 Å². The summed E-state index contributed by atoms with van der Waals surface area (Å²) in [6.07, 6.45) is 0. The van der Waals surface area contributed by atoms with E-state index in [0.29, 0.717) is 18.1 Å². The second kappa shape index (κ2) is 8.84.